The number of ether oxygens (including phenoxy) is 1. The van der Waals surface area contributed by atoms with E-state index in [0.717, 1.165) is 27.8 Å². The number of aliphatic hydroxyl groups is 1. The zero-order valence-electron chi connectivity index (χ0n) is 23.2. The second-order valence-electron chi connectivity index (χ2n) is 10.8. The van der Waals surface area contributed by atoms with Crippen LogP contribution < -0.4 is 9.64 Å². The fourth-order valence-corrected chi connectivity index (χ4v) is 6.04. The number of thiazole rings is 1. The van der Waals surface area contributed by atoms with E-state index in [1.54, 1.807) is 24.3 Å². The number of carbonyl (C=O) groups is 2. The molecule has 0 bridgehead atoms. The molecule has 7 nitrogen and oxygen atoms in total. The SMILES string of the molecule is CCOc1ccc(/C(O)=C2\C(=O)C(=O)N(c3nc4ccc(CC)cc4s3)C2c2ccc(O)cc2)cc1C(C)(C)C. The standard InChI is InChI=1S/C32H32N2O5S/c1-6-18-8-14-23-25(16-18)40-31(33-23)34-27(19-9-12-21(35)13-10-19)26(29(37)30(34)38)28(36)20-11-15-24(39-7-2)22(17-20)32(3,4)5/h8-17,27,35-36H,6-7H2,1-5H3/b28-26+. The first-order valence-electron chi connectivity index (χ1n) is 13.3. The molecule has 0 aliphatic carbocycles. The predicted octanol–water partition coefficient (Wildman–Crippen LogP) is 6.89. The molecule has 0 spiro atoms. The Bertz CT molecular complexity index is 1650. The topological polar surface area (TPSA) is 100.0 Å². The van der Waals surface area contributed by atoms with Gasteiger partial charge in [-0.25, -0.2) is 4.98 Å². The molecule has 1 atom stereocenters. The molecule has 206 valence electrons. The third-order valence-corrected chi connectivity index (χ3v) is 8.09. The van der Waals surface area contributed by atoms with Crippen LogP contribution in [0.1, 0.15) is 62.9 Å². The molecule has 40 heavy (non-hydrogen) atoms. The molecule has 1 aliphatic rings. The minimum atomic E-state index is -0.934. The molecule has 5 rings (SSSR count). The lowest BCUT2D eigenvalue weighted by molar-refractivity contribution is -0.132. The smallest absolute Gasteiger partial charge is 0.301 e. The normalized spacial score (nSPS) is 17.1. The summed E-state index contributed by atoms with van der Waals surface area (Å²) in [6.45, 7) is 10.6. The summed E-state index contributed by atoms with van der Waals surface area (Å²) in [6, 6.07) is 16.6. The molecule has 1 saturated heterocycles. The van der Waals surface area contributed by atoms with E-state index in [4.69, 9.17) is 9.72 Å². The van der Waals surface area contributed by atoms with Gasteiger partial charge >= 0.3 is 5.91 Å². The van der Waals surface area contributed by atoms with Crippen LogP contribution in [0.4, 0.5) is 5.13 Å². The highest BCUT2D eigenvalue weighted by Gasteiger charge is 2.48. The van der Waals surface area contributed by atoms with Crippen LogP contribution in [0.3, 0.4) is 0 Å². The van der Waals surface area contributed by atoms with Crippen molar-refractivity contribution in [2.45, 2.75) is 52.5 Å². The van der Waals surface area contributed by atoms with Gasteiger partial charge in [-0.3, -0.25) is 14.5 Å². The lowest BCUT2D eigenvalue weighted by atomic mass is 9.84. The number of phenols is 1. The number of fused-ring (bicyclic) bond motifs is 1. The number of aliphatic hydroxyl groups excluding tert-OH is 1. The number of anilines is 1. The monoisotopic (exact) mass is 556 g/mol. The average molecular weight is 557 g/mol. The fraction of sp³-hybridized carbons (Fsp3) is 0.281. The van der Waals surface area contributed by atoms with Gasteiger partial charge < -0.3 is 14.9 Å². The van der Waals surface area contributed by atoms with E-state index < -0.39 is 17.7 Å². The minimum Gasteiger partial charge on any atom is -0.508 e. The molecule has 0 saturated carbocycles. The quantitative estimate of drug-likeness (QED) is 0.152. The Balaban J connectivity index is 1.71. The highest BCUT2D eigenvalue weighted by molar-refractivity contribution is 7.22. The van der Waals surface area contributed by atoms with Gasteiger partial charge in [-0.1, -0.05) is 57.2 Å². The van der Waals surface area contributed by atoms with Gasteiger partial charge in [0.2, 0.25) is 0 Å². The summed E-state index contributed by atoms with van der Waals surface area (Å²) in [4.78, 5) is 33.3. The molecule has 8 heteroatoms. The molecule has 2 N–H and O–H groups in total. The Morgan fingerprint density at radius 3 is 2.40 bits per heavy atom. The zero-order valence-corrected chi connectivity index (χ0v) is 24.0. The molecule has 1 aliphatic heterocycles. The van der Waals surface area contributed by atoms with E-state index in [1.165, 1.54) is 28.4 Å². The lowest BCUT2D eigenvalue weighted by Crippen LogP contribution is -2.29. The Morgan fingerprint density at radius 1 is 1.02 bits per heavy atom. The number of benzene rings is 3. The van der Waals surface area contributed by atoms with Crippen molar-refractivity contribution in [3.05, 3.63) is 88.5 Å². The Morgan fingerprint density at radius 2 is 1.75 bits per heavy atom. The number of Topliss-reactive ketones (excluding diaryl/α,β-unsaturated/α-hetero) is 1. The van der Waals surface area contributed by atoms with Gasteiger partial charge in [-0.15, -0.1) is 0 Å². The maximum atomic E-state index is 13.6. The summed E-state index contributed by atoms with van der Waals surface area (Å²) in [5.41, 5.74) is 3.37. The van der Waals surface area contributed by atoms with Gasteiger partial charge in [0.1, 0.15) is 17.3 Å². The molecule has 0 radical (unpaired) electrons. The maximum absolute atomic E-state index is 13.6. The Kier molecular flexibility index (Phi) is 7.14. The molecular weight excluding hydrogens is 524 g/mol. The van der Waals surface area contributed by atoms with Gasteiger partial charge in [0, 0.05) is 11.1 Å². The van der Waals surface area contributed by atoms with Crippen LogP contribution in [-0.2, 0) is 21.4 Å². The van der Waals surface area contributed by atoms with Crippen LogP contribution >= 0.6 is 11.3 Å². The van der Waals surface area contributed by atoms with E-state index in [2.05, 4.69) is 6.92 Å². The van der Waals surface area contributed by atoms with E-state index >= 15 is 0 Å². The molecule has 1 amide bonds. The molecule has 3 aromatic carbocycles. The number of ketones is 1. The molecule has 2 heterocycles. The number of hydrogen-bond acceptors (Lipinski definition) is 7. The number of rotatable bonds is 6. The summed E-state index contributed by atoms with van der Waals surface area (Å²) in [5.74, 6) is -1.09. The van der Waals surface area contributed by atoms with Crippen molar-refractivity contribution >= 4 is 44.1 Å². The number of aromatic hydroxyl groups is 1. The second-order valence-corrected chi connectivity index (χ2v) is 11.8. The van der Waals surface area contributed by atoms with Gasteiger partial charge in [0.15, 0.2) is 5.13 Å². The summed E-state index contributed by atoms with van der Waals surface area (Å²) in [7, 11) is 0. The fourth-order valence-electron chi connectivity index (χ4n) is 4.98. The third-order valence-electron chi connectivity index (χ3n) is 7.07. The van der Waals surface area contributed by atoms with Crippen LogP contribution in [-0.4, -0.2) is 33.5 Å². The van der Waals surface area contributed by atoms with Crippen molar-refractivity contribution in [3.8, 4) is 11.5 Å². The number of aryl methyl sites for hydroxylation is 1. The number of amides is 1. The summed E-state index contributed by atoms with van der Waals surface area (Å²) < 4.78 is 6.73. The first kappa shape index (κ1) is 27.4. The van der Waals surface area contributed by atoms with Crippen LogP contribution in [0, 0.1) is 0 Å². The summed E-state index contributed by atoms with van der Waals surface area (Å²) in [5, 5.41) is 21.9. The highest BCUT2D eigenvalue weighted by atomic mass is 32.1. The summed E-state index contributed by atoms with van der Waals surface area (Å²) in [6.07, 6.45) is 0.861. The molecule has 1 fully saturated rings. The third kappa shape index (κ3) is 4.84. The van der Waals surface area contributed by atoms with Gasteiger partial charge in [0.05, 0.1) is 28.4 Å². The Hall–Kier alpha value is -4.17. The molecule has 1 aromatic heterocycles. The molecule has 1 unspecified atom stereocenters. The van der Waals surface area contributed by atoms with Crippen molar-refractivity contribution in [2.24, 2.45) is 0 Å². The van der Waals surface area contributed by atoms with Crippen LogP contribution in [0.5, 0.6) is 11.5 Å². The number of carbonyl (C=O) groups excluding carboxylic acids is 2. The van der Waals surface area contributed by atoms with Crippen LogP contribution in [0.25, 0.3) is 16.0 Å². The van der Waals surface area contributed by atoms with Gasteiger partial charge in [-0.05, 0) is 72.4 Å². The van der Waals surface area contributed by atoms with E-state index in [-0.39, 0.29) is 22.5 Å². The van der Waals surface area contributed by atoms with Crippen molar-refractivity contribution in [1.29, 1.82) is 0 Å². The summed E-state index contributed by atoms with van der Waals surface area (Å²) >= 11 is 1.33. The predicted molar refractivity (Wildman–Crippen MR) is 158 cm³/mol. The number of phenolic OH excluding ortho intramolecular Hbond substituents is 1. The van der Waals surface area contributed by atoms with Gasteiger partial charge in [0.25, 0.3) is 5.78 Å². The zero-order chi connectivity index (χ0) is 28.8. The van der Waals surface area contributed by atoms with Gasteiger partial charge in [-0.2, -0.15) is 0 Å². The second kappa shape index (κ2) is 10.4. The van der Waals surface area contributed by atoms with E-state index in [1.807, 2.05) is 52.0 Å². The number of hydrogen-bond donors (Lipinski definition) is 2. The maximum Gasteiger partial charge on any atom is 0.301 e. The Labute approximate surface area is 237 Å². The largest absolute Gasteiger partial charge is 0.508 e. The number of nitrogens with zero attached hydrogens (tertiary/aromatic N) is 2. The highest BCUT2D eigenvalue weighted by Crippen LogP contribution is 2.45. The first-order chi connectivity index (χ1) is 19.0. The van der Waals surface area contributed by atoms with E-state index in [0.29, 0.717) is 28.6 Å². The number of aromatic nitrogens is 1. The molecule has 4 aromatic rings. The molecular formula is C32H32N2O5S. The lowest BCUT2D eigenvalue weighted by Gasteiger charge is -2.25. The van der Waals surface area contributed by atoms with Crippen LogP contribution in [0.15, 0.2) is 66.2 Å². The first-order valence-corrected chi connectivity index (χ1v) is 14.1. The van der Waals surface area contributed by atoms with Crippen molar-refractivity contribution in [1.82, 2.24) is 4.98 Å². The van der Waals surface area contributed by atoms with Crippen LogP contribution in [0.2, 0.25) is 0 Å². The average Bonchev–Trinajstić information content (AvgIpc) is 3.46. The minimum absolute atomic E-state index is 0.0341. The van der Waals surface area contributed by atoms with E-state index in [9.17, 15) is 19.8 Å². The van der Waals surface area contributed by atoms with Crippen molar-refractivity contribution in [2.75, 3.05) is 11.5 Å². The van der Waals surface area contributed by atoms with Crippen molar-refractivity contribution < 1.29 is 24.5 Å². The van der Waals surface area contributed by atoms with Crippen molar-refractivity contribution in [3.63, 3.8) is 0 Å².